The Balaban J connectivity index is 0.00000135. The summed E-state index contributed by atoms with van der Waals surface area (Å²) in [5.41, 5.74) is 0. The maximum atomic E-state index is 9.45. The molecule has 1 rings (SSSR count). The molecule has 0 amide bonds. The SMILES string of the molecule is CCCCCCCCC=CCCCCCCCC1=NCC[N+]1(CC)CCO.CCOS(=O)(=O)[O-]. The number of hydrogen-bond acceptors (Lipinski definition) is 6. The largest absolute Gasteiger partial charge is 0.726 e. The normalized spacial score (nSPS) is 18.2. The minimum absolute atomic E-state index is 0.0914. The van der Waals surface area contributed by atoms with Crippen molar-refractivity contribution in [3.8, 4) is 0 Å². The third-order valence-corrected chi connectivity index (χ3v) is 6.95. The predicted octanol–water partition coefficient (Wildman–Crippen LogP) is 5.75. The number of aliphatic hydroxyl groups is 1. The Kier molecular flexibility index (Phi) is 21.0. The van der Waals surface area contributed by atoms with E-state index >= 15 is 0 Å². The molecule has 0 bridgehead atoms. The lowest BCUT2D eigenvalue weighted by Gasteiger charge is -2.33. The van der Waals surface area contributed by atoms with Crippen molar-refractivity contribution in [3.63, 3.8) is 0 Å². The number of aliphatic imine (C=N–C) groups is 1. The van der Waals surface area contributed by atoms with Gasteiger partial charge in [-0.1, -0.05) is 70.4 Å². The molecular formula is C26H52N2O5S. The number of aliphatic hydroxyl groups excluding tert-OH is 1. The number of likely N-dealkylation sites (N-methyl/N-ethyl adjacent to an activating group) is 1. The molecule has 0 aromatic carbocycles. The molecule has 1 unspecified atom stereocenters. The van der Waals surface area contributed by atoms with Crippen LogP contribution in [-0.4, -0.2) is 67.8 Å². The number of quaternary nitrogens is 1. The number of rotatable bonds is 20. The van der Waals surface area contributed by atoms with Gasteiger partial charge < -0.3 is 9.66 Å². The van der Waals surface area contributed by atoms with Crippen LogP contribution in [0.4, 0.5) is 0 Å². The van der Waals surface area contributed by atoms with Gasteiger partial charge in [-0.3, -0.25) is 8.67 Å². The van der Waals surface area contributed by atoms with Crippen molar-refractivity contribution in [3.05, 3.63) is 12.2 Å². The molecule has 34 heavy (non-hydrogen) atoms. The van der Waals surface area contributed by atoms with Crippen molar-refractivity contribution >= 4 is 16.2 Å². The van der Waals surface area contributed by atoms with Crippen LogP contribution in [0.1, 0.15) is 111 Å². The van der Waals surface area contributed by atoms with Crippen molar-refractivity contribution in [2.24, 2.45) is 4.99 Å². The maximum absolute atomic E-state index is 9.45. The Morgan fingerprint density at radius 2 is 1.50 bits per heavy atom. The lowest BCUT2D eigenvalue weighted by atomic mass is 10.1. The molecule has 0 aromatic rings. The number of nitrogens with zero attached hydrogens (tertiary/aromatic N) is 2. The predicted molar refractivity (Wildman–Crippen MR) is 141 cm³/mol. The summed E-state index contributed by atoms with van der Waals surface area (Å²) in [6.45, 7) is 10.1. The first-order valence-electron chi connectivity index (χ1n) is 13.6. The van der Waals surface area contributed by atoms with Gasteiger partial charge in [0.1, 0.15) is 13.1 Å². The maximum Gasteiger partial charge on any atom is 0.217 e. The van der Waals surface area contributed by atoms with Crippen LogP contribution in [0.2, 0.25) is 0 Å². The molecule has 0 spiro atoms. The highest BCUT2D eigenvalue weighted by molar-refractivity contribution is 7.80. The van der Waals surface area contributed by atoms with Crippen molar-refractivity contribution in [1.29, 1.82) is 0 Å². The molecule has 1 aliphatic rings. The van der Waals surface area contributed by atoms with E-state index in [1.807, 2.05) is 0 Å². The zero-order chi connectivity index (χ0) is 25.5. The first-order valence-corrected chi connectivity index (χ1v) is 14.9. The average Bonchev–Trinajstić information content (AvgIpc) is 3.19. The molecule has 0 aromatic heterocycles. The van der Waals surface area contributed by atoms with Gasteiger partial charge in [-0.15, -0.1) is 0 Å². The highest BCUT2D eigenvalue weighted by atomic mass is 32.3. The first-order chi connectivity index (χ1) is 16.3. The van der Waals surface area contributed by atoms with Crippen LogP contribution in [0, 0.1) is 0 Å². The Bertz CT molecular complexity index is 637. The van der Waals surface area contributed by atoms with Gasteiger partial charge in [0.05, 0.1) is 26.3 Å². The van der Waals surface area contributed by atoms with E-state index in [0.29, 0.717) is 0 Å². The molecule has 1 heterocycles. The van der Waals surface area contributed by atoms with Gasteiger partial charge >= 0.3 is 0 Å². The van der Waals surface area contributed by atoms with Crippen LogP contribution in [-0.2, 0) is 14.6 Å². The molecule has 0 saturated heterocycles. The van der Waals surface area contributed by atoms with E-state index in [-0.39, 0.29) is 13.2 Å². The Hall–Kier alpha value is -0.800. The number of unbranched alkanes of at least 4 members (excludes halogenated alkanes) is 11. The van der Waals surface area contributed by atoms with Gasteiger partial charge in [-0.05, 0) is 46.0 Å². The summed E-state index contributed by atoms with van der Waals surface area (Å²) in [6.07, 6.45) is 23.5. The molecule has 7 nitrogen and oxygen atoms in total. The Labute approximate surface area is 210 Å². The van der Waals surface area contributed by atoms with Gasteiger partial charge in [-0.2, -0.15) is 0 Å². The second-order valence-electron chi connectivity index (χ2n) is 9.08. The summed E-state index contributed by atoms with van der Waals surface area (Å²) in [6, 6.07) is 0. The van der Waals surface area contributed by atoms with Gasteiger partial charge in [-0.25, -0.2) is 13.4 Å². The van der Waals surface area contributed by atoms with E-state index in [4.69, 9.17) is 4.99 Å². The summed E-state index contributed by atoms with van der Waals surface area (Å²) < 4.78 is 33.0. The van der Waals surface area contributed by atoms with Gasteiger partial charge in [0, 0.05) is 6.42 Å². The lowest BCUT2D eigenvalue weighted by Crippen LogP contribution is -2.52. The second kappa shape index (κ2) is 21.5. The van der Waals surface area contributed by atoms with Crippen molar-refractivity contribution in [2.75, 3.05) is 39.4 Å². The molecule has 0 fully saturated rings. The molecule has 0 saturated carbocycles. The summed E-state index contributed by atoms with van der Waals surface area (Å²) in [5.74, 6) is 1.35. The minimum Gasteiger partial charge on any atom is -0.726 e. The van der Waals surface area contributed by atoms with E-state index in [0.717, 1.165) is 37.1 Å². The molecule has 8 heteroatoms. The van der Waals surface area contributed by atoms with Crippen LogP contribution in [0.5, 0.6) is 0 Å². The van der Waals surface area contributed by atoms with Gasteiger partial charge in [0.15, 0.2) is 5.84 Å². The van der Waals surface area contributed by atoms with Crippen LogP contribution in [0.15, 0.2) is 17.1 Å². The molecule has 1 atom stereocenters. The fourth-order valence-electron chi connectivity index (χ4n) is 4.39. The first kappa shape index (κ1) is 33.2. The third kappa shape index (κ3) is 17.6. The minimum atomic E-state index is -4.42. The summed E-state index contributed by atoms with van der Waals surface area (Å²) in [7, 11) is -4.42. The summed E-state index contributed by atoms with van der Waals surface area (Å²) in [5, 5.41) is 9.37. The van der Waals surface area contributed by atoms with E-state index in [2.05, 4.69) is 30.2 Å². The second-order valence-corrected chi connectivity index (χ2v) is 10.1. The molecule has 202 valence electrons. The molecule has 1 aliphatic heterocycles. The van der Waals surface area contributed by atoms with Crippen LogP contribution < -0.4 is 0 Å². The third-order valence-electron chi connectivity index (χ3n) is 6.43. The van der Waals surface area contributed by atoms with E-state index in [1.54, 1.807) is 0 Å². The molecule has 1 N–H and O–H groups in total. The van der Waals surface area contributed by atoms with E-state index in [9.17, 15) is 18.1 Å². The van der Waals surface area contributed by atoms with Crippen molar-refractivity contribution in [1.82, 2.24) is 0 Å². The zero-order valence-corrected chi connectivity index (χ0v) is 23.0. The monoisotopic (exact) mass is 504 g/mol. The highest BCUT2D eigenvalue weighted by Gasteiger charge is 2.35. The number of amidine groups is 1. The topological polar surface area (TPSA) is 99.0 Å². The van der Waals surface area contributed by atoms with Gasteiger partial charge in [0.25, 0.3) is 0 Å². The lowest BCUT2D eigenvalue weighted by molar-refractivity contribution is -0.835. The van der Waals surface area contributed by atoms with E-state index in [1.165, 1.54) is 96.2 Å². The van der Waals surface area contributed by atoms with Crippen molar-refractivity contribution in [2.45, 2.75) is 111 Å². The zero-order valence-electron chi connectivity index (χ0n) is 22.2. The molecule has 0 aliphatic carbocycles. The summed E-state index contributed by atoms with van der Waals surface area (Å²) in [4.78, 5) is 4.75. The smallest absolute Gasteiger partial charge is 0.217 e. The van der Waals surface area contributed by atoms with E-state index < -0.39 is 10.4 Å². The molecule has 0 radical (unpaired) electrons. The number of hydrogen-bond donors (Lipinski definition) is 1. The average molecular weight is 505 g/mol. The van der Waals surface area contributed by atoms with Crippen LogP contribution in [0.25, 0.3) is 0 Å². The highest BCUT2D eigenvalue weighted by Crippen LogP contribution is 2.20. The Morgan fingerprint density at radius 1 is 0.941 bits per heavy atom. The fraction of sp³-hybridized carbons (Fsp3) is 0.885. The van der Waals surface area contributed by atoms with Crippen LogP contribution >= 0.6 is 0 Å². The standard InChI is InChI=1S/C24H47N2O.C2H6O4S/c1-3-5-6-7-8-9-10-11-12-13-14-15-16-17-18-19-24-25-20-21-26(24,4-2)22-23-27;1-2-6-7(3,4)5/h11-12,27H,3-10,13-23H2,1-2H3;2H2,1H3,(H,3,4,5)/q+1;/p-1. The molecular weight excluding hydrogens is 452 g/mol. The number of allylic oxidation sites excluding steroid dienone is 2. The Morgan fingerprint density at radius 3 is 1.97 bits per heavy atom. The fourth-order valence-corrected chi connectivity index (χ4v) is 4.68. The van der Waals surface area contributed by atoms with Gasteiger partial charge in [0.2, 0.25) is 10.4 Å². The van der Waals surface area contributed by atoms with Crippen LogP contribution in [0.3, 0.4) is 0 Å². The quantitative estimate of drug-likeness (QED) is 0.0748. The summed E-state index contributed by atoms with van der Waals surface area (Å²) >= 11 is 0. The van der Waals surface area contributed by atoms with Crippen molar-refractivity contribution < 1.29 is 26.7 Å².